The smallest absolute Gasteiger partial charge is 0.412 e. The van der Waals surface area contributed by atoms with Crippen LogP contribution in [0.3, 0.4) is 0 Å². The van der Waals surface area contributed by atoms with Crippen molar-refractivity contribution in [3.63, 3.8) is 0 Å². The summed E-state index contributed by atoms with van der Waals surface area (Å²) >= 11 is 0. The minimum atomic E-state index is -0.962. The summed E-state index contributed by atoms with van der Waals surface area (Å²) in [5, 5.41) is 11.7. The van der Waals surface area contributed by atoms with E-state index in [1.54, 1.807) is 39.8 Å². The van der Waals surface area contributed by atoms with Crippen molar-refractivity contribution in [1.29, 1.82) is 0 Å². The number of carbonyl (C=O) groups is 2. The van der Waals surface area contributed by atoms with Gasteiger partial charge in [-0.3, -0.25) is 10.2 Å². The molecular formula is C18H26N2O8. The molecule has 0 fully saturated rings. The van der Waals surface area contributed by atoms with E-state index >= 15 is 0 Å². The fourth-order valence-corrected chi connectivity index (χ4v) is 2.09. The van der Waals surface area contributed by atoms with Crippen molar-refractivity contribution in [2.75, 3.05) is 18.5 Å². The standard InChI is InChI=1S/C18H26N2O8/c1-13(16(21)28-26-12-11-25-20(23)24)9-10-14-7-5-6-8-15(14)19-17(22)27-18(2,3)4/h5-8,13H,9-12H2,1-4H3,(H,19,22). The normalized spacial score (nSPS) is 12.0. The van der Waals surface area contributed by atoms with Gasteiger partial charge in [0.25, 0.3) is 5.09 Å². The van der Waals surface area contributed by atoms with Crippen molar-refractivity contribution in [1.82, 2.24) is 0 Å². The minimum absolute atomic E-state index is 0.248. The van der Waals surface area contributed by atoms with E-state index in [1.807, 2.05) is 12.1 Å². The van der Waals surface area contributed by atoms with Crippen molar-refractivity contribution in [3.8, 4) is 0 Å². The quantitative estimate of drug-likeness (QED) is 0.275. The number of amides is 1. The Morgan fingerprint density at radius 2 is 1.89 bits per heavy atom. The van der Waals surface area contributed by atoms with Gasteiger partial charge in [-0.05, 0) is 45.2 Å². The summed E-state index contributed by atoms with van der Waals surface area (Å²) in [6.45, 7) is 6.41. The Morgan fingerprint density at radius 1 is 1.21 bits per heavy atom. The first-order chi connectivity index (χ1) is 13.1. The molecule has 0 saturated heterocycles. The van der Waals surface area contributed by atoms with E-state index in [0.29, 0.717) is 18.5 Å². The largest absolute Gasteiger partial charge is 0.444 e. The molecule has 0 spiro atoms. The molecule has 1 aromatic carbocycles. The summed E-state index contributed by atoms with van der Waals surface area (Å²) in [5.41, 5.74) is 0.834. The second-order valence-corrected chi connectivity index (χ2v) is 7.00. The van der Waals surface area contributed by atoms with Gasteiger partial charge >= 0.3 is 12.1 Å². The molecule has 1 N–H and O–H groups in total. The minimum Gasteiger partial charge on any atom is -0.444 e. The van der Waals surface area contributed by atoms with Crippen LogP contribution in [0.4, 0.5) is 10.5 Å². The lowest BCUT2D eigenvalue weighted by molar-refractivity contribution is -0.758. The van der Waals surface area contributed by atoms with E-state index in [-0.39, 0.29) is 13.2 Å². The molecule has 0 aliphatic carbocycles. The highest BCUT2D eigenvalue weighted by molar-refractivity contribution is 5.86. The highest BCUT2D eigenvalue weighted by Gasteiger charge is 2.19. The van der Waals surface area contributed by atoms with Crippen LogP contribution < -0.4 is 5.32 Å². The van der Waals surface area contributed by atoms with Gasteiger partial charge in [0.2, 0.25) is 0 Å². The third kappa shape index (κ3) is 9.72. The van der Waals surface area contributed by atoms with Crippen molar-refractivity contribution >= 4 is 17.7 Å². The zero-order valence-electron chi connectivity index (χ0n) is 16.4. The monoisotopic (exact) mass is 398 g/mol. The molecule has 28 heavy (non-hydrogen) atoms. The molecule has 10 nitrogen and oxygen atoms in total. The topological polar surface area (TPSA) is 126 Å². The van der Waals surface area contributed by atoms with Crippen LogP contribution in [0.1, 0.15) is 39.7 Å². The molecule has 0 aliphatic rings. The van der Waals surface area contributed by atoms with Gasteiger partial charge in [0.1, 0.15) is 18.8 Å². The van der Waals surface area contributed by atoms with Crippen molar-refractivity contribution < 1.29 is 34.0 Å². The van der Waals surface area contributed by atoms with Crippen LogP contribution in [0.2, 0.25) is 0 Å². The van der Waals surface area contributed by atoms with E-state index in [0.717, 1.165) is 5.56 Å². The third-order valence-electron chi connectivity index (χ3n) is 3.41. The van der Waals surface area contributed by atoms with Gasteiger partial charge < -0.3 is 9.57 Å². The first-order valence-electron chi connectivity index (χ1n) is 8.77. The van der Waals surface area contributed by atoms with E-state index in [1.165, 1.54) is 0 Å². The molecule has 0 bridgehead atoms. The molecule has 0 aliphatic heterocycles. The van der Waals surface area contributed by atoms with Gasteiger partial charge in [-0.25, -0.2) is 9.59 Å². The van der Waals surface area contributed by atoms with E-state index in [2.05, 4.69) is 19.9 Å². The molecule has 0 radical (unpaired) electrons. The van der Waals surface area contributed by atoms with Gasteiger partial charge in [0.05, 0.1) is 5.92 Å². The lowest BCUT2D eigenvalue weighted by Crippen LogP contribution is -2.27. The van der Waals surface area contributed by atoms with E-state index in [4.69, 9.17) is 4.74 Å². The van der Waals surface area contributed by atoms with Crippen LogP contribution in [-0.2, 0) is 30.6 Å². The van der Waals surface area contributed by atoms with Crippen molar-refractivity contribution in [2.45, 2.75) is 46.1 Å². The number of nitrogens with one attached hydrogen (secondary N) is 1. The number of aryl methyl sites for hydroxylation is 1. The second-order valence-electron chi connectivity index (χ2n) is 7.00. The Balaban J connectivity index is 2.48. The van der Waals surface area contributed by atoms with Crippen LogP contribution in [0.25, 0.3) is 0 Å². The van der Waals surface area contributed by atoms with Crippen LogP contribution >= 0.6 is 0 Å². The zero-order valence-corrected chi connectivity index (χ0v) is 16.4. The maximum absolute atomic E-state index is 12.0. The summed E-state index contributed by atoms with van der Waals surface area (Å²) < 4.78 is 5.25. The lowest BCUT2D eigenvalue weighted by Gasteiger charge is -2.20. The maximum atomic E-state index is 12.0. The Bertz CT molecular complexity index is 672. The SMILES string of the molecule is CC(CCc1ccccc1NC(=O)OC(C)(C)C)C(=O)OOCCO[N+](=O)[O-]. The van der Waals surface area contributed by atoms with Gasteiger partial charge in [0, 0.05) is 5.69 Å². The Labute approximate surface area is 163 Å². The third-order valence-corrected chi connectivity index (χ3v) is 3.41. The number of hydrogen-bond acceptors (Lipinski definition) is 8. The van der Waals surface area contributed by atoms with Crippen LogP contribution in [0, 0.1) is 16.0 Å². The van der Waals surface area contributed by atoms with Gasteiger partial charge in [-0.15, -0.1) is 10.1 Å². The second kappa shape index (κ2) is 11.1. The summed E-state index contributed by atoms with van der Waals surface area (Å²) in [4.78, 5) is 47.0. The predicted octanol–water partition coefficient (Wildman–Crippen LogP) is 3.29. The summed E-state index contributed by atoms with van der Waals surface area (Å²) in [5.74, 6) is -1.08. The van der Waals surface area contributed by atoms with Crippen LogP contribution in [0.5, 0.6) is 0 Å². The number of carbonyl (C=O) groups excluding carboxylic acids is 2. The Morgan fingerprint density at radius 3 is 2.54 bits per heavy atom. The number of nitrogens with zero attached hydrogens (tertiary/aromatic N) is 1. The Hall–Kier alpha value is -2.88. The number of hydrogen-bond donors (Lipinski definition) is 1. The first kappa shape index (κ1) is 23.2. The fourth-order valence-electron chi connectivity index (χ4n) is 2.09. The lowest BCUT2D eigenvalue weighted by atomic mass is 10.00. The first-order valence-corrected chi connectivity index (χ1v) is 8.77. The van der Waals surface area contributed by atoms with Crippen molar-refractivity contribution in [3.05, 3.63) is 39.9 Å². The summed E-state index contributed by atoms with van der Waals surface area (Å²) in [6, 6.07) is 7.21. The fraction of sp³-hybridized carbons (Fsp3) is 0.556. The molecule has 0 saturated carbocycles. The van der Waals surface area contributed by atoms with Crippen LogP contribution in [-0.4, -0.2) is 36.0 Å². The predicted molar refractivity (Wildman–Crippen MR) is 98.8 cm³/mol. The molecule has 0 heterocycles. The molecule has 10 heteroatoms. The highest BCUT2D eigenvalue weighted by Crippen LogP contribution is 2.20. The average Bonchev–Trinajstić information content (AvgIpc) is 2.58. The average molecular weight is 398 g/mol. The molecule has 1 unspecified atom stereocenters. The number of rotatable bonds is 10. The van der Waals surface area contributed by atoms with Gasteiger partial charge in [-0.1, -0.05) is 25.1 Å². The zero-order chi connectivity index (χ0) is 21.2. The molecule has 156 valence electrons. The summed E-state index contributed by atoms with van der Waals surface area (Å²) in [6.07, 6.45) is 0.394. The maximum Gasteiger partial charge on any atom is 0.412 e. The van der Waals surface area contributed by atoms with Crippen molar-refractivity contribution in [2.24, 2.45) is 5.92 Å². The highest BCUT2D eigenvalue weighted by atomic mass is 17.2. The van der Waals surface area contributed by atoms with Crippen LogP contribution in [0.15, 0.2) is 24.3 Å². The number of benzene rings is 1. The molecule has 1 rings (SSSR count). The Kier molecular flexibility index (Phi) is 9.16. The van der Waals surface area contributed by atoms with E-state index in [9.17, 15) is 19.7 Å². The molecule has 1 atom stereocenters. The molecule has 1 amide bonds. The molecular weight excluding hydrogens is 372 g/mol. The number of anilines is 1. The van der Waals surface area contributed by atoms with E-state index < -0.39 is 28.7 Å². The summed E-state index contributed by atoms with van der Waals surface area (Å²) in [7, 11) is 0. The molecule has 0 aromatic heterocycles. The number of ether oxygens (including phenoxy) is 1. The van der Waals surface area contributed by atoms with Gasteiger partial charge in [-0.2, -0.15) is 4.89 Å². The molecule has 1 aromatic rings. The number of para-hydroxylation sites is 1. The van der Waals surface area contributed by atoms with Gasteiger partial charge in [0.15, 0.2) is 0 Å².